The van der Waals surface area contributed by atoms with Gasteiger partial charge in [0.25, 0.3) is 0 Å². The fourth-order valence-electron chi connectivity index (χ4n) is 3.75. The molecule has 2 aromatic carbocycles. The first-order valence-electron chi connectivity index (χ1n) is 9.25. The molecule has 0 unspecified atom stereocenters. The number of aromatic nitrogens is 1. The minimum Gasteiger partial charge on any atom is -0.484 e. The van der Waals surface area contributed by atoms with Crippen molar-refractivity contribution in [3.05, 3.63) is 76.0 Å². The van der Waals surface area contributed by atoms with Crippen LogP contribution in [0.15, 0.2) is 64.6 Å². The molecule has 0 radical (unpaired) electrons. The molecule has 0 saturated heterocycles. The average Bonchev–Trinajstić information content (AvgIpc) is 3.27. The number of nitrogens with zero attached hydrogens (tertiary/aromatic N) is 1. The third-order valence-corrected chi connectivity index (χ3v) is 8.06. The predicted molar refractivity (Wildman–Crippen MR) is 120 cm³/mol. The molecule has 0 amide bonds. The molecule has 3 aromatic rings. The van der Waals surface area contributed by atoms with Crippen molar-refractivity contribution in [2.45, 2.75) is 28.4 Å². The topological polar surface area (TPSA) is 82.4 Å². The van der Waals surface area contributed by atoms with Gasteiger partial charge in [0.2, 0.25) is 0 Å². The van der Waals surface area contributed by atoms with Gasteiger partial charge in [-0.3, -0.25) is 0 Å². The second-order valence-corrected chi connectivity index (χ2v) is 12.5. The summed E-state index contributed by atoms with van der Waals surface area (Å²) in [6, 6.07) is 10.9. The van der Waals surface area contributed by atoms with E-state index in [9.17, 15) is 16.8 Å². The van der Waals surface area contributed by atoms with Crippen molar-refractivity contribution in [2.75, 3.05) is 12.5 Å². The molecule has 0 bridgehead atoms. The largest absolute Gasteiger partial charge is 0.484 e. The number of sulfone groups is 2. The number of ether oxygens (including phenoxy) is 1. The Kier molecular flexibility index (Phi) is 5.62. The summed E-state index contributed by atoms with van der Waals surface area (Å²) in [7, 11) is -6.68. The summed E-state index contributed by atoms with van der Waals surface area (Å²) in [6.45, 7) is 0. The molecule has 6 nitrogen and oxygen atoms in total. The molecule has 0 aliphatic heterocycles. The van der Waals surface area contributed by atoms with Crippen molar-refractivity contribution in [2.24, 2.45) is 0 Å². The molecule has 31 heavy (non-hydrogen) atoms. The van der Waals surface area contributed by atoms with Crippen LogP contribution in [0.25, 0.3) is 0 Å². The van der Waals surface area contributed by atoms with Gasteiger partial charge in [-0.2, -0.15) is 0 Å². The van der Waals surface area contributed by atoms with E-state index >= 15 is 0 Å². The van der Waals surface area contributed by atoms with Gasteiger partial charge in [-0.25, -0.2) is 16.8 Å². The number of fused-ring (bicyclic) bond motifs is 1. The number of rotatable bonds is 5. The van der Waals surface area contributed by atoms with Crippen molar-refractivity contribution in [3.63, 3.8) is 0 Å². The number of hydrogen-bond donors (Lipinski definition) is 0. The summed E-state index contributed by atoms with van der Waals surface area (Å²) < 4.78 is 55.4. The maximum atomic E-state index is 11.9. The average molecular weight is 500 g/mol. The zero-order valence-electron chi connectivity index (χ0n) is 16.6. The molecule has 0 spiro atoms. The smallest absolute Gasteiger partial charge is 0.177 e. The maximum absolute atomic E-state index is 11.9. The van der Waals surface area contributed by atoms with Crippen molar-refractivity contribution in [3.8, 4) is 5.75 Å². The Labute approximate surface area is 191 Å². The standard InChI is InChI=1S/C21H19Cl2NO5S2/c1-30(25,26)15-5-3-14(4-6-15)29-21-18-9-13(22)10-19(23)17(18)11-20(21)24-8-7-16(12-24)31(2,27)28/h3-10,12,20-21H,11H2,1-2H3/t20-,21-/m0/s1. The van der Waals surface area contributed by atoms with Gasteiger partial charge >= 0.3 is 0 Å². The number of halogens is 2. The molecule has 0 fully saturated rings. The third-order valence-electron chi connectivity index (χ3n) is 5.28. The minimum atomic E-state index is -3.35. The summed E-state index contributed by atoms with van der Waals surface area (Å²) in [5, 5.41) is 0.983. The van der Waals surface area contributed by atoms with Gasteiger partial charge in [0.15, 0.2) is 19.7 Å². The van der Waals surface area contributed by atoms with E-state index in [2.05, 4.69) is 0 Å². The molecule has 4 rings (SSSR count). The van der Waals surface area contributed by atoms with E-state index in [0.29, 0.717) is 22.2 Å². The van der Waals surface area contributed by atoms with E-state index in [-0.39, 0.29) is 15.8 Å². The van der Waals surface area contributed by atoms with Crippen molar-refractivity contribution in [1.82, 2.24) is 4.57 Å². The van der Waals surface area contributed by atoms with Crippen LogP contribution >= 0.6 is 23.2 Å². The monoisotopic (exact) mass is 499 g/mol. The van der Waals surface area contributed by atoms with Crippen LogP contribution in [0.3, 0.4) is 0 Å². The summed E-state index contributed by atoms with van der Waals surface area (Å²) in [6.07, 6.45) is 5.59. The van der Waals surface area contributed by atoms with Gasteiger partial charge in [-0.1, -0.05) is 23.2 Å². The molecule has 1 aromatic heterocycles. The summed E-state index contributed by atoms with van der Waals surface area (Å²) in [5.41, 5.74) is 1.69. The molecule has 1 aliphatic carbocycles. The van der Waals surface area contributed by atoms with E-state index < -0.39 is 25.8 Å². The van der Waals surface area contributed by atoms with Crippen molar-refractivity contribution in [1.29, 1.82) is 0 Å². The van der Waals surface area contributed by atoms with Crippen LogP contribution in [-0.2, 0) is 26.1 Å². The highest BCUT2D eigenvalue weighted by molar-refractivity contribution is 7.91. The fraction of sp³-hybridized carbons (Fsp3) is 0.238. The van der Waals surface area contributed by atoms with Gasteiger partial charge in [0.1, 0.15) is 11.9 Å². The highest BCUT2D eigenvalue weighted by Crippen LogP contribution is 2.46. The molecule has 0 saturated carbocycles. The summed E-state index contributed by atoms with van der Waals surface area (Å²) >= 11 is 12.7. The second-order valence-electron chi connectivity index (χ2n) is 7.58. The fourth-order valence-corrected chi connectivity index (χ4v) is 5.59. The van der Waals surface area contributed by atoms with E-state index in [1.165, 1.54) is 12.1 Å². The molecule has 1 heterocycles. The van der Waals surface area contributed by atoms with Gasteiger partial charge in [0.05, 0.1) is 15.8 Å². The first kappa shape index (κ1) is 22.2. The first-order valence-corrected chi connectivity index (χ1v) is 13.8. The predicted octanol–water partition coefficient (Wildman–Crippen LogP) is 4.52. The lowest BCUT2D eigenvalue weighted by molar-refractivity contribution is 0.153. The normalized spacial score (nSPS) is 18.7. The molecule has 0 N–H and O–H groups in total. The SMILES string of the molecule is CS(=O)(=O)c1ccc(O[C@H]2c3cc(Cl)cc(Cl)c3C[C@@H]2n2ccc(S(C)(=O)=O)c2)cc1. The maximum Gasteiger partial charge on any atom is 0.177 e. The van der Waals surface area contributed by atoms with E-state index in [1.54, 1.807) is 47.3 Å². The molecule has 1 aliphatic rings. The Morgan fingerprint density at radius 2 is 1.58 bits per heavy atom. The van der Waals surface area contributed by atoms with Crippen LogP contribution in [0, 0.1) is 0 Å². The van der Waals surface area contributed by atoms with Gasteiger partial charge < -0.3 is 9.30 Å². The Morgan fingerprint density at radius 3 is 2.16 bits per heavy atom. The van der Waals surface area contributed by atoms with E-state index in [0.717, 1.165) is 23.6 Å². The quantitative estimate of drug-likeness (QED) is 0.515. The van der Waals surface area contributed by atoms with Gasteiger partial charge in [-0.05, 0) is 54.4 Å². The van der Waals surface area contributed by atoms with E-state index in [1.807, 2.05) is 0 Å². The van der Waals surface area contributed by atoms with Crippen LogP contribution in [0.1, 0.15) is 23.3 Å². The Balaban J connectivity index is 1.75. The number of hydrogen-bond acceptors (Lipinski definition) is 5. The second kappa shape index (κ2) is 7.85. The lowest BCUT2D eigenvalue weighted by Crippen LogP contribution is -2.18. The Hall–Kier alpha value is -2.00. The molecular formula is C21H19Cl2NO5S2. The lowest BCUT2D eigenvalue weighted by Gasteiger charge is -2.24. The third kappa shape index (κ3) is 4.48. The molecular weight excluding hydrogens is 481 g/mol. The summed E-state index contributed by atoms with van der Waals surface area (Å²) in [5.74, 6) is 0.474. The van der Waals surface area contributed by atoms with Crippen LogP contribution in [0.2, 0.25) is 10.0 Å². The molecule has 2 atom stereocenters. The van der Waals surface area contributed by atoms with Crippen molar-refractivity contribution < 1.29 is 21.6 Å². The molecule has 164 valence electrons. The zero-order chi connectivity index (χ0) is 22.6. The van der Waals surface area contributed by atoms with Gasteiger partial charge in [-0.15, -0.1) is 0 Å². The minimum absolute atomic E-state index is 0.192. The Morgan fingerprint density at radius 1 is 0.935 bits per heavy atom. The number of benzene rings is 2. The molecule has 10 heteroatoms. The van der Waals surface area contributed by atoms with E-state index in [4.69, 9.17) is 27.9 Å². The van der Waals surface area contributed by atoms with Crippen LogP contribution in [0.5, 0.6) is 5.75 Å². The van der Waals surface area contributed by atoms with Crippen LogP contribution in [0.4, 0.5) is 0 Å². The lowest BCUT2D eigenvalue weighted by atomic mass is 10.1. The van der Waals surface area contributed by atoms with Gasteiger partial charge in [0, 0.05) is 40.5 Å². The van der Waals surface area contributed by atoms with Crippen LogP contribution in [-0.4, -0.2) is 33.9 Å². The first-order chi connectivity index (χ1) is 14.4. The highest BCUT2D eigenvalue weighted by atomic mass is 35.5. The zero-order valence-corrected chi connectivity index (χ0v) is 19.8. The summed E-state index contributed by atoms with van der Waals surface area (Å²) in [4.78, 5) is 0.404. The highest BCUT2D eigenvalue weighted by Gasteiger charge is 2.37. The van der Waals surface area contributed by atoms with Crippen molar-refractivity contribution >= 4 is 42.9 Å². The van der Waals surface area contributed by atoms with Crippen LogP contribution < -0.4 is 4.74 Å². The Bertz CT molecular complexity index is 1360.